The monoisotopic (exact) mass is 388 g/mol. The van der Waals surface area contributed by atoms with E-state index < -0.39 is 25.8 Å². The average molecular weight is 388 g/mol. The van der Waals surface area contributed by atoms with E-state index in [1.165, 1.54) is 54.6 Å². The number of phenols is 1. The van der Waals surface area contributed by atoms with Crippen molar-refractivity contribution in [3.8, 4) is 5.75 Å². The molecule has 0 spiro atoms. The number of nitro groups is 1. The van der Waals surface area contributed by atoms with Crippen LogP contribution in [0.3, 0.4) is 0 Å². The molecule has 3 N–H and O–H groups in total. The van der Waals surface area contributed by atoms with Gasteiger partial charge in [0.15, 0.2) is 0 Å². The van der Waals surface area contributed by atoms with Gasteiger partial charge in [0, 0.05) is 40.2 Å². The first kappa shape index (κ1) is 18.3. The number of nitrogens with one attached hydrogen (secondary N) is 1. The number of aromatic hydroxyl groups is 1. The molecule has 0 saturated heterocycles. The SMILES string of the molecule is O=C(Nc1cc(O)c2cccc(S(=O)(=O)O)c2c1)c1ccc([N+](=O)[O-])cc1. The Morgan fingerprint density at radius 1 is 1.04 bits per heavy atom. The summed E-state index contributed by atoms with van der Waals surface area (Å²) in [5.74, 6) is -0.912. The number of carbonyl (C=O) groups excluding carboxylic acids is 1. The Morgan fingerprint density at radius 3 is 2.30 bits per heavy atom. The maximum Gasteiger partial charge on any atom is 0.295 e. The van der Waals surface area contributed by atoms with E-state index in [-0.39, 0.29) is 33.5 Å². The molecule has 138 valence electrons. The highest BCUT2D eigenvalue weighted by Gasteiger charge is 2.17. The fourth-order valence-electron chi connectivity index (χ4n) is 2.57. The van der Waals surface area contributed by atoms with E-state index in [0.717, 1.165) is 0 Å². The van der Waals surface area contributed by atoms with Gasteiger partial charge in [-0.1, -0.05) is 12.1 Å². The minimum absolute atomic E-state index is 0.0269. The van der Waals surface area contributed by atoms with Crippen LogP contribution in [0.2, 0.25) is 0 Å². The number of fused-ring (bicyclic) bond motifs is 1. The predicted molar refractivity (Wildman–Crippen MR) is 96.5 cm³/mol. The molecular weight excluding hydrogens is 376 g/mol. The van der Waals surface area contributed by atoms with Crippen molar-refractivity contribution in [1.82, 2.24) is 0 Å². The van der Waals surface area contributed by atoms with Crippen LogP contribution in [0.4, 0.5) is 11.4 Å². The van der Waals surface area contributed by atoms with Crippen LogP contribution in [0, 0.1) is 10.1 Å². The van der Waals surface area contributed by atoms with Gasteiger partial charge in [-0.25, -0.2) is 0 Å². The molecule has 9 nitrogen and oxygen atoms in total. The predicted octanol–water partition coefficient (Wildman–Crippen LogP) is 2.95. The minimum atomic E-state index is -4.54. The number of nitrogens with zero attached hydrogens (tertiary/aromatic N) is 1. The van der Waals surface area contributed by atoms with E-state index in [9.17, 15) is 33.0 Å². The Bertz CT molecular complexity index is 1170. The summed E-state index contributed by atoms with van der Waals surface area (Å²) in [6, 6.07) is 11.4. The number of carbonyl (C=O) groups is 1. The molecule has 0 radical (unpaired) electrons. The summed E-state index contributed by atoms with van der Waals surface area (Å²) in [6.07, 6.45) is 0. The van der Waals surface area contributed by atoms with Crippen LogP contribution in [0.5, 0.6) is 5.75 Å². The molecule has 0 saturated carbocycles. The van der Waals surface area contributed by atoms with Crippen molar-refractivity contribution in [3.63, 3.8) is 0 Å². The second-order valence-electron chi connectivity index (χ2n) is 5.58. The molecule has 10 heteroatoms. The molecule has 3 aromatic rings. The molecule has 0 aliphatic carbocycles. The standard InChI is InChI=1S/C17H12N2O7S/c20-15-9-11(8-14-13(15)2-1-3-16(14)27(24,25)26)18-17(21)10-4-6-12(7-5-10)19(22)23/h1-9,20H,(H,18,21)(H,24,25,26). The van der Waals surface area contributed by atoms with Crippen LogP contribution in [-0.2, 0) is 10.1 Å². The molecule has 0 unspecified atom stereocenters. The molecule has 0 atom stereocenters. The summed E-state index contributed by atoms with van der Waals surface area (Å²) in [7, 11) is -4.54. The molecule has 0 aliphatic rings. The van der Waals surface area contributed by atoms with Gasteiger partial charge >= 0.3 is 0 Å². The maximum atomic E-state index is 12.3. The van der Waals surface area contributed by atoms with Gasteiger partial charge in [0.2, 0.25) is 0 Å². The topological polar surface area (TPSA) is 147 Å². The number of hydrogen-bond donors (Lipinski definition) is 3. The molecule has 3 aromatic carbocycles. The Kier molecular flexibility index (Phi) is 4.52. The molecule has 0 aromatic heterocycles. The molecular formula is C17H12N2O7S. The van der Waals surface area contributed by atoms with Gasteiger partial charge in [-0.15, -0.1) is 0 Å². The summed E-state index contributed by atoms with van der Waals surface area (Å²) in [4.78, 5) is 21.9. The largest absolute Gasteiger partial charge is 0.507 e. The van der Waals surface area contributed by atoms with Crippen molar-refractivity contribution >= 4 is 38.2 Å². The van der Waals surface area contributed by atoms with Crippen molar-refractivity contribution in [3.05, 3.63) is 70.3 Å². The zero-order valence-corrected chi connectivity index (χ0v) is 14.3. The van der Waals surface area contributed by atoms with Crippen LogP contribution in [0.1, 0.15) is 10.4 Å². The van der Waals surface area contributed by atoms with Crippen molar-refractivity contribution in [2.45, 2.75) is 4.90 Å². The Hall–Kier alpha value is -3.50. The molecule has 0 aliphatic heterocycles. The van der Waals surface area contributed by atoms with Crippen molar-refractivity contribution < 1.29 is 27.8 Å². The quantitative estimate of drug-likeness (QED) is 0.354. The van der Waals surface area contributed by atoms with Gasteiger partial charge < -0.3 is 10.4 Å². The smallest absolute Gasteiger partial charge is 0.295 e. The van der Waals surface area contributed by atoms with E-state index in [0.29, 0.717) is 0 Å². The number of benzene rings is 3. The van der Waals surface area contributed by atoms with Crippen LogP contribution < -0.4 is 5.32 Å². The van der Waals surface area contributed by atoms with E-state index in [4.69, 9.17) is 0 Å². The normalized spacial score (nSPS) is 11.3. The van der Waals surface area contributed by atoms with Gasteiger partial charge in [0.05, 0.1) is 4.92 Å². The van der Waals surface area contributed by atoms with Gasteiger partial charge in [0.1, 0.15) is 10.6 Å². The Morgan fingerprint density at radius 2 is 1.70 bits per heavy atom. The third-order valence-electron chi connectivity index (χ3n) is 3.81. The molecule has 0 fully saturated rings. The Balaban J connectivity index is 2.00. The first-order valence-electron chi connectivity index (χ1n) is 7.46. The fraction of sp³-hybridized carbons (Fsp3) is 0. The highest BCUT2D eigenvalue weighted by molar-refractivity contribution is 7.86. The van der Waals surface area contributed by atoms with Crippen molar-refractivity contribution in [1.29, 1.82) is 0 Å². The lowest BCUT2D eigenvalue weighted by Crippen LogP contribution is -2.12. The number of amides is 1. The third kappa shape index (κ3) is 3.71. The van der Waals surface area contributed by atoms with E-state index in [1.807, 2.05) is 0 Å². The maximum absolute atomic E-state index is 12.3. The van der Waals surface area contributed by atoms with Gasteiger partial charge in [-0.2, -0.15) is 8.42 Å². The summed E-state index contributed by atoms with van der Waals surface area (Å²) < 4.78 is 32.4. The molecule has 3 rings (SSSR count). The van der Waals surface area contributed by atoms with Crippen molar-refractivity contribution in [2.24, 2.45) is 0 Å². The summed E-state index contributed by atoms with van der Waals surface area (Å²) in [6.45, 7) is 0. The summed E-state index contributed by atoms with van der Waals surface area (Å²) in [5.41, 5.74) is 0.0374. The highest BCUT2D eigenvalue weighted by Crippen LogP contribution is 2.33. The molecule has 0 heterocycles. The van der Waals surface area contributed by atoms with E-state index >= 15 is 0 Å². The first-order valence-corrected chi connectivity index (χ1v) is 8.90. The fourth-order valence-corrected chi connectivity index (χ4v) is 3.27. The van der Waals surface area contributed by atoms with Gasteiger partial charge in [-0.3, -0.25) is 19.5 Å². The number of hydrogen-bond acceptors (Lipinski definition) is 6. The number of non-ortho nitro benzene ring substituents is 1. The second-order valence-corrected chi connectivity index (χ2v) is 6.97. The summed E-state index contributed by atoms with van der Waals surface area (Å²) >= 11 is 0. The van der Waals surface area contributed by atoms with Gasteiger partial charge in [-0.05, 0) is 24.3 Å². The molecule has 27 heavy (non-hydrogen) atoms. The lowest BCUT2D eigenvalue weighted by Gasteiger charge is -2.10. The molecule has 0 bridgehead atoms. The lowest BCUT2D eigenvalue weighted by atomic mass is 10.1. The number of phenolic OH excluding ortho intramolecular Hbond substituents is 1. The zero-order chi connectivity index (χ0) is 19.8. The average Bonchev–Trinajstić information content (AvgIpc) is 2.60. The Labute approximate surface area is 152 Å². The third-order valence-corrected chi connectivity index (χ3v) is 4.72. The minimum Gasteiger partial charge on any atom is -0.507 e. The van der Waals surface area contributed by atoms with Crippen LogP contribution in [-0.4, -0.2) is 28.9 Å². The van der Waals surface area contributed by atoms with Gasteiger partial charge in [0.25, 0.3) is 21.7 Å². The lowest BCUT2D eigenvalue weighted by molar-refractivity contribution is -0.384. The van der Waals surface area contributed by atoms with Crippen molar-refractivity contribution in [2.75, 3.05) is 5.32 Å². The van der Waals surface area contributed by atoms with Crippen LogP contribution in [0.25, 0.3) is 10.8 Å². The van der Waals surface area contributed by atoms with Crippen LogP contribution >= 0.6 is 0 Å². The zero-order valence-electron chi connectivity index (χ0n) is 13.5. The van der Waals surface area contributed by atoms with E-state index in [2.05, 4.69) is 5.32 Å². The molecule has 1 amide bonds. The number of anilines is 1. The van der Waals surface area contributed by atoms with Crippen LogP contribution in [0.15, 0.2) is 59.5 Å². The second kappa shape index (κ2) is 6.67. The number of rotatable bonds is 4. The van der Waals surface area contributed by atoms with E-state index in [1.54, 1.807) is 0 Å². The summed E-state index contributed by atoms with van der Waals surface area (Å²) in [5, 5.41) is 23.5. The highest BCUT2D eigenvalue weighted by atomic mass is 32.2. The number of nitro benzene ring substituents is 1. The first-order chi connectivity index (χ1) is 12.7.